The van der Waals surface area contributed by atoms with Gasteiger partial charge in [0.1, 0.15) is 0 Å². The van der Waals surface area contributed by atoms with E-state index in [0.717, 1.165) is 0 Å². The molecule has 0 spiro atoms. The van der Waals surface area contributed by atoms with Crippen LogP contribution in [0.2, 0.25) is 0 Å². The van der Waals surface area contributed by atoms with Crippen molar-refractivity contribution in [3.05, 3.63) is 7.05 Å². The lowest BCUT2D eigenvalue weighted by molar-refractivity contribution is 0.706. The Balaban J connectivity index is 3.48. The van der Waals surface area contributed by atoms with Crippen molar-refractivity contribution in [2.24, 2.45) is 0 Å². The molecule has 0 fully saturated rings. The van der Waals surface area contributed by atoms with Gasteiger partial charge in [0.2, 0.25) is 0 Å². The fourth-order valence-corrected chi connectivity index (χ4v) is 1.85. The van der Waals surface area contributed by atoms with Crippen LogP contribution in [0.4, 0.5) is 0 Å². The first-order valence-electron chi connectivity index (χ1n) is 3.26. The molecule has 1 radical (unpaired) electrons. The maximum atomic E-state index is 8.31. The van der Waals surface area contributed by atoms with E-state index in [0.29, 0.717) is 6.54 Å². The second kappa shape index (κ2) is 4.91. The van der Waals surface area contributed by atoms with Gasteiger partial charge in [-0.1, -0.05) is 31.6 Å². The molecule has 0 saturated carbocycles. The predicted octanol–water partition coefficient (Wildman–Crippen LogP) is 2.70. The van der Waals surface area contributed by atoms with E-state index in [1.807, 2.05) is 6.07 Å². The molecular weight excluding hydrogens is 176 g/mol. The highest BCUT2D eigenvalue weighted by Crippen LogP contribution is 2.36. The summed E-state index contributed by atoms with van der Waals surface area (Å²) < 4.78 is 1.89. The molecule has 0 amide bonds. The van der Waals surface area contributed by atoms with E-state index in [1.54, 1.807) is 15.1 Å². The SMILES string of the molecule is [CH2]N(CC#N)SSC(C)(C)C. The highest BCUT2D eigenvalue weighted by molar-refractivity contribution is 8.76. The van der Waals surface area contributed by atoms with Crippen molar-refractivity contribution in [3.8, 4) is 6.07 Å². The standard InChI is InChI=1S/C7H13N2S2/c1-7(2,3)10-11-9(4)6-5-8/h4,6H2,1-3H3. The van der Waals surface area contributed by atoms with Gasteiger partial charge in [0.05, 0.1) is 12.6 Å². The summed E-state index contributed by atoms with van der Waals surface area (Å²) in [6.07, 6.45) is 0. The van der Waals surface area contributed by atoms with Gasteiger partial charge in [-0.05, 0) is 11.0 Å². The summed E-state index contributed by atoms with van der Waals surface area (Å²) >= 11 is 0. The molecular formula is C7H13N2S2. The molecule has 0 aromatic rings. The minimum Gasteiger partial charge on any atom is -0.226 e. The second-order valence-electron chi connectivity index (χ2n) is 3.07. The number of nitrogens with zero attached hydrogens (tertiary/aromatic N) is 2. The molecule has 0 rings (SSSR count). The third kappa shape index (κ3) is 8.05. The van der Waals surface area contributed by atoms with Crippen LogP contribution in [0.3, 0.4) is 0 Å². The molecule has 0 atom stereocenters. The Labute approximate surface area is 76.9 Å². The normalized spacial score (nSPS) is 11.6. The lowest BCUT2D eigenvalue weighted by Gasteiger charge is -2.19. The van der Waals surface area contributed by atoms with Crippen LogP contribution in [-0.4, -0.2) is 15.6 Å². The zero-order valence-corrected chi connectivity index (χ0v) is 8.76. The van der Waals surface area contributed by atoms with Crippen molar-refractivity contribution in [1.29, 1.82) is 5.26 Å². The number of hydrogen-bond donors (Lipinski definition) is 0. The summed E-state index contributed by atoms with van der Waals surface area (Å²) in [7, 11) is 6.92. The molecule has 0 N–H and O–H groups in total. The van der Waals surface area contributed by atoms with Crippen LogP contribution in [0.15, 0.2) is 0 Å². The molecule has 0 saturated heterocycles. The Morgan fingerprint density at radius 2 is 2.09 bits per heavy atom. The van der Waals surface area contributed by atoms with Crippen molar-refractivity contribution >= 4 is 21.8 Å². The summed E-state index contributed by atoms with van der Waals surface area (Å²) in [6, 6.07) is 2.03. The molecule has 0 aromatic heterocycles. The van der Waals surface area contributed by atoms with Crippen molar-refractivity contribution < 1.29 is 0 Å². The quantitative estimate of drug-likeness (QED) is 0.387. The van der Waals surface area contributed by atoms with Crippen LogP contribution in [0, 0.1) is 18.4 Å². The van der Waals surface area contributed by atoms with E-state index >= 15 is 0 Å². The van der Waals surface area contributed by atoms with Crippen molar-refractivity contribution in [2.75, 3.05) is 6.54 Å². The fourth-order valence-electron chi connectivity index (χ4n) is 0.270. The van der Waals surface area contributed by atoms with E-state index in [9.17, 15) is 0 Å². The van der Waals surface area contributed by atoms with Gasteiger partial charge in [-0.2, -0.15) is 5.26 Å². The third-order valence-electron chi connectivity index (χ3n) is 0.640. The van der Waals surface area contributed by atoms with Gasteiger partial charge in [-0.15, -0.1) is 0 Å². The summed E-state index contributed by atoms with van der Waals surface area (Å²) in [5.74, 6) is 0. The topological polar surface area (TPSA) is 27.0 Å². The Hall–Kier alpha value is 0.150. The zero-order chi connectivity index (χ0) is 8.91. The average molecular weight is 189 g/mol. The number of nitriles is 1. The van der Waals surface area contributed by atoms with E-state index in [-0.39, 0.29) is 4.75 Å². The van der Waals surface area contributed by atoms with Crippen LogP contribution in [0.25, 0.3) is 0 Å². The van der Waals surface area contributed by atoms with Crippen LogP contribution >= 0.6 is 21.8 Å². The molecule has 2 nitrogen and oxygen atoms in total. The van der Waals surface area contributed by atoms with Gasteiger partial charge in [0.25, 0.3) is 0 Å². The van der Waals surface area contributed by atoms with Crippen molar-refractivity contribution in [2.45, 2.75) is 25.5 Å². The van der Waals surface area contributed by atoms with Gasteiger partial charge >= 0.3 is 0 Å². The third-order valence-corrected chi connectivity index (χ3v) is 3.91. The van der Waals surface area contributed by atoms with Crippen LogP contribution in [-0.2, 0) is 0 Å². The zero-order valence-electron chi connectivity index (χ0n) is 7.13. The fraction of sp³-hybridized carbons (Fsp3) is 0.714. The lowest BCUT2D eigenvalue weighted by Crippen LogP contribution is -2.10. The van der Waals surface area contributed by atoms with Gasteiger partial charge in [-0.3, -0.25) is 0 Å². The Kier molecular flexibility index (Phi) is 4.98. The molecule has 0 heterocycles. The average Bonchev–Trinajstić information content (AvgIpc) is 1.83. The minimum atomic E-state index is 0.218. The number of rotatable bonds is 3. The Morgan fingerprint density at radius 3 is 2.45 bits per heavy atom. The molecule has 0 aliphatic carbocycles. The summed E-state index contributed by atoms with van der Waals surface area (Å²) in [5.41, 5.74) is 0. The maximum Gasteiger partial charge on any atom is 0.0970 e. The van der Waals surface area contributed by atoms with E-state index in [2.05, 4.69) is 27.8 Å². The summed E-state index contributed by atoms with van der Waals surface area (Å²) in [4.78, 5) is 0. The molecule has 0 bridgehead atoms. The Morgan fingerprint density at radius 1 is 1.55 bits per heavy atom. The van der Waals surface area contributed by atoms with Gasteiger partial charge in [-0.25, -0.2) is 4.31 Å². The van der Waals surface area contributed by atoms with Crippen LogP contribution in [0.1, 0.15) is 20.8 Å². The molecule has 0 aliphatic heterocycles. The minimum absolute atomic E-state index is 0.218. The first-order chi connectivity index (χ1) is 4.95. The van der Waals surface area contributed by atoms with Crippen LogP contribution in [0.5, 0.6) is 0 Å². The smallest absolute Gasteiger partial charge is 0.0970 e. The lowest BCUT2D eigenvalue weighted by atomic mass is 10.3. The van der Waals surface area contributed by atoms with E-state index in [4.69, 9.17) is 5.26 Å². The van der Waals surface area contributed by atoms with E-state index in [1.165, 1.54) is 11.0 Å². The van der Waals surface area contributed by atoms with Crippen LogP contribution < -0.4 is 0 Å². The van der Waals surface area contributed by atoms with Crippen molar-refractivity contribution in [3.63, 3.8) is 0 Å². The highest BCUT2D eigenvalue weighted by atomic mass is 33.1. The first kappa shape index (κ1) is 11.2. The molecule has 4 heteroatoms. The van der Waals surface area contributed by atoms with Gasteiger partial charge < -0.3 is 0 Å². The van der Waals surface area contributed by atoms with Gasteiger partial charge in [0, 0.05) is 11.8 Å². The van der Waals surface area contributed by atoms with E-state index < -0.39 is 0 Å². The molecule has 0 unspecified atom stereocenters. The summed E-state index contributed by atoms with van der Waals surface area (Å²) in [6.45, 7) is 6.76. The second-order valence-corrected chi connectivity index (χ2v) is 6.07. The molecule has 11 heavy (non-hydrogen) atoms. The molecule has 63 valence electrons. The highest BCUT2D eigenvalue weighted by Gasteiger charge is 2.12. The van der Waals surface area contributed by atoms with Gasteiger partial charge in [0.15, 0.2) is 0 Å². The predicted molar refractivity (Wildman–Crippen MR) is 52.6 cm³/mol. The number of hydrogen-bond acceptors (Lipinski definition) is 4. The first-order valence-corrected chi connectivity index (χ1v) is 5.37. The molecule has 0 aromatic carbocycles. The van der Waals surface area contributed by atoms with Crippen molar-refractivity contribution in [1.82, 2.24) is 4.31 Å². The molecule has 0 aliphatic rings. The summed E-state index contributed by atoms with van der Waals surface area (Å²) in [5, 5.41) is 8.31. The maximum absolute atomic E-state index is 8.31. The largest absolute Gasteiger partial charge is 0.226 e. The monoisotopic (exact) mass is 189 g/mol. The Bertz CT molecular complexity index is 146.